The molecular weight excluding hydrogens is 154 g/mol. The van der Waals surface area contributed by atoms with Crippen LogP contribution < -0.4 is 5.73 Å². The Labute approximate surface area is 75.0 Å². The lowest BCUT2D eigenvalue weighted by molar-refractivity contribution is -0.137. The van der Waals surface area contributed by atoms with E-state index in [9.17, 15) is 4.79 Å². The van der Waals surface area contributed by atoms with Crippen LogP contribution in [0.4, 0.5) is 0 Å². The number of aliphatic carboxylic acids is 1. The van der Waals surface area contributed by atoms with Gasteiger partial charge in [-0.05, 0) is 12.5 Å². The van der Waals surface area contributed by atoms with E-state index in [0.29, 0.717) is 12.5 Å². The van der Waals surface area contributed by atoms with Gasteiger partial charge in [-0.2, -0.15) is 0 Å². The molecule has 12 heavy (non-hydrogen) atoms. The SMILES string of the molecule is CC(C)N.CCCCCC(=O)O. The highest BCUT2D eigenvalue weighted by Gasteiger charge is 1.92. The highest BCUT2D eigenvalue weighted by atomic mass is 16.4. The van der Waals surface area contributed by atoms with Crippen LogP contribution in [0.2, 0.25) is 0 Å². The largest absolute Gasteiger partial charge is 0.481 e. The normalized spacial score (nSPS) is 9.08. The van der Waals surface area contributed by atoms with Crippen LogP contribution in [0.25, 0.3) is 0 Å². The van der Waals surface area contributed by atoms with Gasteiger partial charge in [0.1, 0.15) is 0 Å². The quantitative estimate of drug-likeness (QED) is 0.642. The zero-order chi connectivity index (χ0) is 9.98. The topological polar surface area (TPSA) is 63.3 Å². The minimum absolute atomic E-state index is 0.327. The van der Waals surface area contributed by atoms with Gasteiger partial charge in [-0.15, -0.1) is 0 Å². The van der Waals surface area contributed by atoms with E-state index in [4.69, 9.17) is 10.8 Å². The fourth-order valence-electron chi connectivity index (χ4n) is 0.526. The number of unbranched alkanes of at least 4 members (excludes halogenated alkanes) is 2. The van der Waals surface area contributed by atoms with Crippen molar-refractivity contribution in [1.82, 2.24) is 0 Å². The van der Waals surface area contributed by atoms with Crippen LogP contribution in [0.1, 0.15) is 46.5 Å². The minimum Gasteiger partial charge on any atom is -0.481 e. The Hall–Kier alpha value is -0.570. The predicted octanol–water partition coefficient (Wildman–Crippen LogP) is 2.00. The molecule has 0 aliphatic heterocycles. The van der Waals surface area contributed by atoms with Crippen molar-refractivity contribution in [3.05, 3.63) is 0 Å². The standard InChI is InChI=1S/C6H12O2.C3H9N/c1-2-3-4-5-6(7)8;1-3(2)4/h2-5H2,1H3,(H,7,8);3H,4H2,1-2H3. The molecule has 0 bridgehead atoms. The van der Waals surface area contributed by atoms with Gasteiger partial charge in [0.2, 0.25) is 0 Å². The van der Waals surface area contributed by atoms with Crippen molar-refractivity contribution < 1.29 is 9.90 Å². The molecule has 0 amide bonds. The molecule has 0 aromatic heterocycles. The summed E-state index contributed by atoms with van der Waals surface area (Å²) in [6.07, 6.45) is 3.28. The van der Waals surface area contributed by atoms with E-state index in [0.717, 1.165) is 19.3 Å². The number of rotatable bonds is 4. The first-order valence-electron chi connectivity index (χ1n) is 4.48. The molecule has 0 spiro atoms. The Morgan fingerprint density at radius 1 is 1.42 bits per heavy atom. The summed E-state index contributed by atoms with van der Waals surface area (Å²) in [5.74, 6) is -0.682. The molecule has 0 atom stereocenters. The van der Waals surface area contributed by atoms with Crippen LogP contribution in [0.15, 0.2) is 0 Å². The average Bonchev–Trinajstić information content (AvgIpc) is 1.86. The molecule has 74 valence electrons. The van der Waals surface area contributed by atoms with Gasteiger partial charge in [0.15, 0.2) is 0 Å². The summed E-state index contributed by atoms with van der Waals surface area (Å²) in [6.45, 7) is 5.95. The summed E-state index contributed by atoms with van der Waals surface area (Å²) in [5.41, 5.74) is 5.11. The maximum Gasteiger partial charge on any atom is 0.303 e. The van der Waals surface area contributed by atoms with Crippen molar-refractivity contribution in [2.24, 2.45) is 5.73 Å². The molecule has 0 heterocycles. The Morgan fingerprint density at radius 2 is 1.83 bits per heavy atom. The Balaban J connectivity index is 0. The molecule has 3 nitrogen and oxygen atoms in total. The summed E-state index contributed by atoms with van der Waals surface area (Å²) in [4.78, 5) is 9.87. The highest BCUT2D eigenvalue weighted by Crippen LogP contribution is 1.97. The lowest BCUT2D eigenvalue weighted by atomic mass is 10.2. The number of hydrogen-bond acceptors (Lipinski definition) is 2. The van der Waals surface area contributed by atoms with Crippen molar-refractivity contribution >= 4 is 5.97 Å². The van der Waals surface area contributed by atoms with E-state index in [-0.39, 0.29) is 0 Å². The molecular formula is C9H21NO2. The van der Waals surface area contributed by atoms with Crippen LogP contribution in [0, 0.1) is 0 Å². The third-order valence-corrected chi connectivity index (χ3v) is 0.994. The molecule has 0 saturated heterocycles. The molecule has 0 aliphatic rings. The van der Waals surface area contributed by atoms with E-state index in [2.05, 4.69) is 6.92 Å². The lowest BCUT2D eigenvalue weighted by Crippen LogP contribution is -2.06. The maximum atomic E-state index is 9.87. The zero-order valence-corrected chi connectivity index (χ0v) is 8.34. The van der Waals surface area contributed by atoms with Crippen LogP contribution in [-0.2, 0) is 4.79 Å². The van der Waals surface area contributed by atoms with E-state index in [1.54, 1.807) is 0 Å². The van der Waals surface area contributed by atoms with Crippen LogP contribution in [0.5, 0.6) is 0 Å². The van der Waals surface area contributed by atoms with Crippen molar-refractivity contribution in [2.75, 3.05) is 0 Å². The van der Waals surface area contributed by atoms with Gasteiger partial charge in [0, 0.05) is 6.42 Å². The maximum absolute atomic E-state index is 9.87. The molecule has 0 aliphatic carbocycles. The summed E-state index contributed by atoms with van der Waals surface area (Å²) in [5, 5.41) is 8.14. The molecule has 0 aromatic rings. The molecule has 0 unspecified atom stereocenters. The Morgan fingerprint density at radius 3 is 2.08 bits per heavy atom. The van der Waals surface area contributed by atoms with Gasteiger partial charge in [-0.3, -0.25) is 4.79 Å². The molecule has 0 fully saturated rings. The lowest BCUT2D eigenvalue weighted by Gasteiger charge is -1.89. The van der Waals surface area contributed by atoms with E-state index in [1.807, 2.05) is 13.8 Å². The number of carboxylic acid groups (broad SMARTS) is 1. The van der Waals surface area contributed by atoms with Crippen LogP contribution in [-0.4, -0.2) is 17.1 Å². The number of hydrogen-bond donors (Lipinski definition) is 2. The summed E-state index contributed by atoms with van der Waals surface area (Å²) in [7, 11) is 0. The number of carbonyl (C=O) groups is 1. The monoisotopic (exact) mass is 175 g/mol. The average molecular weight is 175 g/mol. The van der Waals surface area contributed by atoms with Gasteiger partial charge in [0.25, 0.3) is 0 Å². The molecule has 3 heteroatoms. The molecule has 0 aromatic carbocycles. The fourth-order valence-corrected chi connectivity index (χ4v) is 0.526. The number of carboxylic acids is 1. The highest BCUT2D eigenvalue weighted by molar-refractivity contribution is 5.66. The van der Waals surface area contributed by atoms with Gasteiger partial charge < -0.3 is 10.8 Å². The third kappa shape index (κ3) is 34.1. The third-order valence-electron chi connectivity index (χ3n) is 0.994. The fraction of sp³-hybridized carbons (Fsp3) is 0.889. The van der Waals surface area contributed by atoms with Crippen LogP contribution in [0.3, 0.4) is 0 Å². The summed E-state index contributed by atoms with van der Waals surface area (Å²) < 4.78 is 0. The van der Waals surface area contributed by atoms with Gasteiger partial charge >= 0.3 is 5.97 Å². The van der Waals surface area contributed by atoms with E-state index in [1.165, 1.54) is 0 Å². The van der Waals surface area contributed by atoms with Crippen molar-refractivity contribution in [3.8, 4) is 0 Å². The Bertz CT molecular complexity index is 99.9. The molecule has 0 radical (unpaired) electrons. The first-order valence-corrected chi connectivity index (χ1v) is 4.48. The second-order valence-electron chi connectivity index (χ2n) is 3.09. The van der Waals surface area contributed by atoms with E-state index < -0.39 is 5.97 Å². The van der Waals surface area contributed by atoms with Gasteiger partial charge in [-0.25, -0.2) is 0 Å². The van der Waals surface area contributed by atoms with Gasteiger partial charge in [-0.1, -0.05) is 33.6 Å². The molecule has 0 rings (SSSR count). The first kappa shape index (κ1) is 14.0. The zero-order valence-electron chi connectivity index (χ0n) is 8.34. The predicted molar refractivity (Wildman–Crippen MR) is 51.1 cm³/mol. The second-order valence-corrected chi connectivity index (χ2v) is 3.09. The van der Waals surface area contributed by atoms with Crippen molar-refractivity contribution in [2.45, 2.75) is 52.5 Å². The second kappa shape index (κ2) is 10.4. The Kier molecular flexibility index (Phi) is 12.2. The van der Waals surface area contributed by atoms with Crippen LogP contribution >= 0.6 is 0 Å². The molecule has 3 N–H and O–H groups in total. The summed E-state index contributed by atoms with van der Waals surface area (Å²) in [6, 6.07) is 0.333. The smallest absolute Gasteiger partial charge is 0.303 e. The van der Waals surface area contributed by atoms with Gasteiger partial charge in [0.05, 0.1) is 0 Å². The molecule has 0 saturated carbocycles. The van der Waals surface area contributed by atoms with E-state index >= 15 is 0 Å². The van der Waals surface area contributed by atoms with Crippen molar-refractivity contribution in [3.63, 3.8) is 0 Å². The first-order chi connectivity index (χ1) is 5.50. The summed E-state index contributed by atoms with van der Waals surface area (Å²) >= 11 is 0. The number of nitrogens with two attached hydrogens (primary N) is 1. The minimum atomic E-state index is -0.682. The van der Waals surface area contributed by atoms with Crippen molar-refractivity contribution in [1.29, 1.82) is 0 Å².